The molecule has 0 aliphatic carbocycles. The van der Waals surface area contributed by atoms with Gasteiger partial charge < -0.3 is 23.5 Å². The van der Waals surface area contributed by atoms with E-state index in [1.54, 1.807) is 12.0 Å². The van der Waals surface area contributed by atoms with Crippen LogP contribution in [-0.2, 0) is 4.74 Å². The molecule has 1 unspecified atom stereocenters. The van der Waals surface area contributed by atoms with Crippen LogP contribution in [0.15, 0.2) is 39.5 Å². The van der Waals surface area contributed by atoms with Crippen LogP contribution < -0.4 is 14.9 Å². The number of carbonyl (C=O) groups is 1. The average Bonchev–Trinajstić information content (AvgIpc) is 3.15. The van der Waals surface area contributed by atoms with Gasteiger partial charge in [-0.05, 0) is 68.5 Å². The Balaban J connectivity index is 1.83. The van der Waals surface area contributed by atoms with E-state index in [4.69, 9.17) is 18.6 Å². The normalized spacial score (nSPS) is 14.9. The largest absolute Gasteiger partial charge is 0.490 e. The second-order valence-electron chi connectivity index (χ2n) is 9.57. The van der Waals surface area contributed by atoms with E-state index in [1.807, 2.05) is 51.1 Å². The highest BCUT2D eigenvalue weighted by Crippen LogP contribution is 2.41. The molecular weight excluding hydrogens is 470 g/mol. The van der Waals surface area contributed by atoms with Gasteiger partial charge in [0.15, 0.2) is 16.9 Å². The minimum absolute atomic E-state index is 0.115. The third kappa shape index (κ3) is 5.37. The van der Waals surface area contributed by atoms with Crippen LogP contribution in [0.3, 0.4) is 0 Å². The second kappa shape index (κ2) is 11.8. The van der Waals surface area contributed by atoms with Gasteiger partial charge in [-0.2, -0.15) is 0 Å². The lowest BCUT2D eigenvalue weighted by molar-refractivity contribution is 0.0707. The fourth-order valence-corrected chi connectivity index (χ4v) is 5.05. The molecule has 1 aromatic heterocycles. The first-order chi connectivity index (χ1) is 17.9. The number of ether oxygens (including phenoxy) is 3. The molecular formula is C30H37NO6. The summed E-state index contributed by atoms with van der Waals surface area (Å²) in [5.41, 5.74) is 3.25. The van der Waals surface area contributed by atoms with Crippen molar-refractivity contribution >= 4 is 16.9 Å². The predicted molar refractivity (Wildman–Crippen MR) is 144 cm³/mol. The molecule has 1 aliphatic heterocycles. The van der Waals surface area contributed by atoms with Gasteiger partial charge in [0.25, 0.3) is 5.91 Å². The number of benzene rings is 2. The number of rotatable bonds is 12. The molecule has 4 rings (SSSR count). The maximum atomic E-state index is 13.9. The number of aryl methyl sites for hydroxylation is 2. The molecule has 2 aromatic carbocycles. The SMILES string of the molecule is CCCCCOc1ccc(C2c3c(oc4c(C)cc(C)cc4c3=O)C(=O)N2CCCOC)cc1OCC. The molecule has 0 bridgehead atoms. The van der Waals surface area contributed by atoms with Gasteiger partial charge in [-0.25, -0.2) is 0 Å². The third-order valence-electron chi connectivity index (χ3n) is 6.73. The van der Waals surface area contributed by atoms with Gasteiger partial charge in [0, 0.05) is 20.3 Å². The van der Waals surface area contributed by atoms with E-state index in [1.165, 1.54) is 0 Å². The minimum atomic E-state index is -0.589. The molecule has 0 fully saturated rings. The van der Waals surface area contributed by atoms with Crippen molar-refractivity contribution in [1.29, 1.82) is 0 Å². The Morgan fingerprint density at radius 1 is 0.946 bits per heavy atom. The highest BCUT2D eigenvalue weighted by atomic mass is 16.5. The van der Waals surface area contributed by atoms with Crippen molar-refractivity contribution in [1.82, 2.24) is 4.90 Å². The van der Waals surface area contributed by atoms with Gasteiger partial charge >= 0.3 is 0 Å². The summed E-state index contributed by atoms with van der Waals surface area (Å²) in [6, 6.07) is 8.88. The quantitative estimate of drug-likeness (QED) is 0.282. The Hall–Kier alpha value is -3.32. The summed E-state index contributed by atoms with van der Waals surface area (Å²) >= 11 is 0. The van der Waals surface area contributed by atoms with E-state index in [9.17, 15) is 9.59 Å². The number of nitrogens with zero attached hydrogens (tertiary/aromatic N) is 1. The van der Waals surface area contributed by atoms with Gasteiger partial charge in [0.2, 0.25) is 5.76 Å². The van der Waals surface area contributed by atoms with Crippen molar-refractivity contribution in [2.75, 3.05) is 33.5 Å². The Kier molecular flexibility index (Phi) is 8.54. The summed E-state index contributed by atoms with van der Waals surface area (Å²) in [4.78, 5) is 29.2. The molecule has 1 amide bonds. The predicted octanol–water partition coefficient (Wildman–Crippen LogP) is 5.96. The zero-order chi connectivity index (χ0) is 26.5. The highest BCUT2D eigenvalue weighted by Gasteiger charge is 2.42. The van der Waals surface area contributed by atoms with Crippen molar-refractivity contribution in [2.24, 2.45) is 0 Å². The number of methoxy groups -OCH3 is 1. The lowest BCUT2D eigenvalue weighted by atomic mass is 9.97. The molecule has 0 radical (unpaired) electrons. The Morgan fingerprint density at radius 2 is 1.76 bits per heavy atom. The zero-order valence-electron chi connectivity index (χ0n) is 22.5. The molecule has 7 heteroatoms. The van der Waals surface area contributed by atoms with Crippen molar-refractivity contribution < 1.29 is 23.4 Å². The van der Waals surface area contributed by atoms with Crippen LogP contribution in [0.2, 0.25) is 0 Å². The molecule has 0 spiro atoms. The van der Waals surface area contributed by atoms with Crippen LogP contribution >= 0.6 is 0 Å². The van der Waals surface area contributed by atoms with Crippen molar-refractivity contribution in [2.45, 2.75) is 59.4 Å². The molecule has 198 valence electrons. The smallest absolute Gasteiger partial charge is 0.290 e. The minimum Gasteiger partial charge on any atom is -0.490 e. The lowest BCUT2D eigenvalue weighted by Crippen LogP contribution is -2.31. The fraction of sp³-hybridized carbons (Fsp3) is 0.467. The van der Waals surface area contributed by atoms with Gasteiger partial charge in [0.05, 0.1) is 30.2 Å². The Bertz CT molecular complexity index is 1330. The van der Waals surface area contributed by atoms with Crippen LogP contribution in [0.4, 0.5) is 0 Å². The molecule has 1 atom stereocenters. The zero-order valence-corrected chi connectivity index (χ0v) is 22.5. The van der Waals surface area contributed by atoms with E-state index >= 15 is 0 Å². The summed E-state index contributed by atoms with van der Waals surface area (Å²) < 4.78 is 23.3. The third-order valence-corrected chi connectivity index (χ3v) is 6.73. The monoisotopic (exact) mass is 507 g/mol. The first-order valence-corrected chi connectivity index (χ1v) is 13.2. The number of hydrogen-bond acceptors (Lipinski definition) is 6. The van der Waals surface area contributed by atoms with Gasteiger partial charge in [0.1, 0.15) is 5.58 Å². The van der Waals surface area contributed by atoms with Gasteiger partial charge in [-0.15, -0.1) is 0 Å². The first kappa shape index (κ1) is 26.7. The summed E-state index contributed by atoms with van der Waals surface area (Å²) in [6.07, 6.45) is 3.82. The van der Waals surface area contributed by atoms with Gasteiger partial charge in [-0.1, -0.05) is 31.9 Å². The second-order valence-corrected chi connectivity index (χ2v) is 9.57. The molecule has 1 aliphatic rings. The summed E-state index contributed by atoms with van der Waals surface area (Å²) in [5.74, 6) is 1.10. The standard InChI is InChI=1S/C30H37NO6/c1-6-8-9-15-36-23-12-11-21(18-24(23)35-7-2)26-25-27(32)22-17-19(3)16-20(4)28(22)37-29(25)30(33)31(26)13-10-14-34-5/h11-12,16-18,26H,6-10,13-15H2,1-5H3. The van der Waals surface area contributed by atoms with Crippen LogP contribution in [0.1, 0.15) is 78.4 Å². The van der Waals surface area contributed by atoms with E-state index < -0.39 is 6.04 Å². The fourth-order valence-electron chi connectivity index (χ4n) is 5.05. The number of hydrogen-bond donors (Lipinski definition) is 0. The number of carbonyl (C=O) groups excluding carboxylic acids is 1. The maximum absolute atomic E-state index is 13.9. The molecule has 0 N–H and O–H groups in total. The number of fused-ring (bicyclic) bond motifs is 2. The summed E-state index contributed by atoms with van der Waals surface area (Å²) in [7, 11) is 1.63. The van der Waals surface area contributed by atoms with Crippen LogP contribution in [-0.4, -0.2) is 44.3 Å². The van der Waals surface area contributed by atoms with Crippen molar-refractivity contribution in [3.8, 4) is 11.5 Å². The molecule has 7 nitrogen and oxygen atoms in total. The topological polar surface area (TPSA) is 78.2 Å². The summed E-state index contributed by atoms with van der Waals surface area (Å²) in [5, 5.41) is 0.494. The molecule has 3 aromatic rings. The first-order valence-electron chi connectivity index (χ1n) is 13.2. The van der Waals surface area contributed by atoms with Crippen molar-refractivity contribution in [3.63, 3.8) is 0 Å². The van der Waals surface area contributed by atoms with E-state index in [0.29, 0.717) is 60.8 Å². The van der Waals surface area contributed by atoms with E-state index in [2.05, 4.69) is 6.92 Å². The highest BCUT2D eigenvalue weighted by molar-refractivity contribution is 5.99. The molecule has 37 heavy (non-hydrogen) atoms. The summed E-state index contributed by atoms with van der Waals surface area (Å²) in [6.45, 7) is 9.93. The van der Waals surface area contributed by atoms with Gasteiger partial charge in [-0.3, -0.25) is 9.59 Å². The lowest BCUT2D eigenvalue weighted by Gasteiger charge is -2.26. The Labute approximate surface area is 218 Å². The number of unbranched alkanes of at least 4 members (excludes halogenated alkanes) is 2. The average molecular weight is 508 g/mol. The van der Waals surface area contributed by atoms with Crippen LogP contribution in [0.25, 0.3) is 11.0 Å². The van der Waals surface area contributed by atoms with Crippen molar-refractivity contribution in [3.05, 3.63) is 68.6 Å². The molecule has 0 saturated carbocycles. The Morgan fingerprint density at radius 3 is 2.49 bits per heavy atom. The van der Waals surface area contributed by atoms with Crippen LogP contribution in [0.5, 0.6) is 11.5 Å². The van der Waals surface area contributed by atoms with E-state index in [0.717, 1.165) is 36.0 Å². The van der Waals surface area contributed by atoms with Crippen LogP contribution in [0, 0.1) is 13.8 Å². The number of amides is 1. The molecule has 2 heterocycles. The molecule has 0 saturated heterocycles. The van der Waals surface area contributed by atoms with E-state index in [-0.39, 0.29) is 17.1 Å². The maximum Gasteiger partial charge on any atom is 0.290 e.